The highest BCUT2D eigenvalue weighted by Crippen LogP contribution is 2.21. The highest BCUT2D eigenvalue weighted by atomic mass is 16.5. The highest BCUT2D eigenvalue weighted by molar-refractivity contribution is 5.95. The number of carboxylic acids is 1. The van der Waals surface area contributed by atoms with Crippen LogP contribution in [-0.4, -0.2) is 59.9 Å². The van der Waals surface area contributed by atoms with E-state index in [9.17, 15) is 9.59 Å². The van der Waals surface area contributed by atoms with E-state index in [0.717, 1.165) is 24.4 Å². The van der Waals surface area contributed by atoms with E-state index >= 15 is 0 Å². The number of aliphatic carboxylic acids is 1. The monoisotopic (exact) mass is 331 g/mol. The van der Waals surface area contributed by atoms with Crippen molar-refractivity contribution in [3.05, 3.63) is 29.8 Å². The summed E-state index contributed by atoms with van der Waals surface area (Å²) in [5.41, 5.74) is 2.60. The summed E-state index contributed by atoms with van der Waals surface area (Å²) in [5.74, 6) is -1.09. The average molecular weight is 331 g/mol. The molecule has 1 amide bonds. The molecule has 1 aromatic carbocycles. The second-order valence-electron chi connectivity index (χ2n) is 6.08. The fourth-order valence-electron chi connectivity index (χ4n) is 3.00. The number of carbonyl (C=O) groups is 2. The average Bonchev–Trinajstić information content (AvgIpc) is 3.01. The molecule has 1 saturated heterocycles. The minimum absolute atomic E-state index is 0.106. The van der Waals surface area contributed by atoms with Crippen molar-refractivity contribution < 1.29 is 19.4 Å². The molecular formula is C17H21N3O4. The Balaban J connectivity index is 1.73. The lowest BCUT2D eigenvalue weighted by Crippen LogP contribution is -2.49. The number of hydrogen-bond acceptors (Lipinski definition) is 5. The minimum Gasteiger partial charge on any atom is -0.481 e. The fourth-order valence-corrected chi connectivity index (χ4v) is 3.00. The van der Waals surface area contributed by atoms with E-state index < -0.39 is 12.0 Å². The lowest BCUT2D eigenvalue weighted by atomic mass is 10.1. The zero-order valence-electron chi connectivity index (χ0n) is 13.6. The normalized spacial score (nSPS) is 20.9. The number of amides is 1. The third kappa shape index (κ3) is 3.56. The smallest absolute Gasteiger partial charge is 0.305 e. The lowest BCUT2D eigenvalue weighted by molar-refractivity contribution is -0.139. The number of anilines is 1. The molecule has 0 aliphatic carbocycles. The van der Waals surface area contributed by atoms with Crippen LogP contribution >= 0.6 is 0 Å². The topological polar surface area (TPSA) is 82.4 Å². The third-order valence-corrected chi connectivity index (χ3v) is 4.29. The molecule has 0 unspecified atom stereocenters. The highest BCUT2D eigenvalue weighted by Gasteiger charge is 2.29. The predicted octanol–water partition coefficient (Wildman–Crippen LogP) is 1.59. The van der Waals surface area contributed by atoms with Gasteiger partial charge in [-0.05, 0) is 31.2 Å². The van der Waals surface area contributed by atoms with Gasteiger partial charge in [0.05, 0.1) is 31.4 Å². The number of rotatable bonds is 4. The van der Waals surface area contributed by atoms with Crippen LogP contribution in [0.1, 0.15) is 30.1 Å². The van der Waals surface area contributed by atoms with Gasteiger partial charge in [-0.2, -0.15) is 5.10 Å². The van der Waals surface area contributed by atoms with Gasteiger partial charge in [0.25, 0.3) is 5.91 Å². The Morgan fingerprint density at radius 1 is 1.29 bits per heavy atom. The number of morpholine rings is 1. The second kappa shape index (κ2) is 7.00. The van der Waals surface area contributed by atoms with Gasteiger partial charge < -0.3 is 14.7 Å². The predicted molar refractivity (Wildman–Crippen MR) is 89.4 cm³/mol. The van der Waals surface area contributed by atoms with Crippen LogP contribution in [0.3, 0.4) is 0 Å². The Labute approximate surface area is 140 Å². The van der Waals surface area contributed by atoms with Crippen LogP contribution in [-0.2, 0) is 9.53 Å². The van der Waals surface area contributed by atoms with Gasteiger partial charge in [-0.1, -0.05) is 0 Å². The number of benzene rings is 1. The zero-order valence-corrected chi connectivity index (χ0v) is 13.6. The Bertz CT molecular complexity index is 656. The molecule has 1 fully saturated rings. The van der Waals surface area contributed by atoms with E-state index in [2.05, 4.69) is 5.10 Å². The summed E-state index contributed by atoms with van der Waals surface area (Å²) in [4.78, 5) is 25.3. The van der Waals surface area contributed by atoms with Crippen molar-refractivity contribution in [2.45, 2.75) is 25.8 Å². The van der Waals surface area contributed by atoms with Crippen molar-refractivity contribution >= 4 is 23.3 Å². The largest absolute Gasteiger partial charge is 0.481 e. The summed E-state index contributed by atoms with van der Waals surface area (Å²) in [5, 5.41) is 15.4. The molecule has 0 radical (unpaired) electrons. The molecule has 0 aromatic heterocycles. The van der Waals surface area contributed by atoms with Crippen molar-refractivity contribution in [2.24, 2.45) is 5.10 Å². The quantitative estimate of drug-likeness (QED) is 0.906. The van der Waals surface area contributed by atoms with Crippen LogP contribution in [0.25, 0.3) is 0 Å². The second-order valence-corrected chi connectivity index (χ2v) is 6.08. The first kappa shape index (κ1) is 16.4. The first-order chi connectivity index (χ1) is 11.5. The molecule has 2 aliphatic heterocycles. The van der Waals surface area contributed by atoms with Crippen LogP contribution in [0.2, 0.25) is 0 Å². The Kier molecular flexibility index (Phi) is 4.80. The van der Waals surface area contributed by atoms with Crippen molar-refractivity contribution in [1.29, 1.82) is 0 Å². The Hall–Kier alpha value is -2.41. The molecule has 3 rings (SSSR count). The number of carboxylic acid groups (broad SMARTS) is 1. The summed E-state index contributed by atoms with van der Waals surface area (Å²) in [6.45, 7) is 3.95. The number of hydrazone groups is 1. The van der Waals surface area contributed by atoms with Gasteiger partial charge in [0, 0.05) is 30.8 Å². The van der Waals surface area contributed by atoms with Gasteiger partial charge in [0.1, 0.15) is 0 Å². The first-order valence-electron chi connectivity index (χ1n) is 8.07. The molecule has 7 heteroatoms. The molecule has 2 aliphatic rings. The molecule has 0 spiro atoms. The van der Waals surface area contributed by atoms with E-state index in [4.69, 9.17) is 9.84 Å². The fraction of sp³-hybridized carbons (Fsp3) is 0.471. The van der Waals surface area contributed by atoms with Gasteiger partial charge in [-0.15, -0.1) is 0 Å². The van der Waals surface area contributed by atoms with Crippen LogP contribution in [0.15, 0.2) is 29.4 Å². The molecule has 2 heterocycles. The maximum absolute atomic E-state index is 12.7. The van der Waals surface area contributed by atoms with Crippen molar-refractivity contribution in [2.75, 3.05) is 31.3 Å². The van der Waals surface area contributed by atoms with E-state index in [1.807, 2.05) is 24.1 Å². The lowest BCUT2D eigenvalue weighted by Gasteiger charge is -2.35. The summed E-state index contributed by atoms with van der Waals surface area (Å²) in [6.07, 6.45) is 0.844. The van der Waals surface area contributed by atoms with Crippen LogP contribution in [0.5, 0.6) is 0 Å². The molecular weight excluding hydrogens is 310 g/mol. The molecule has 1 N–H and O–H groups in total. The summed E-state index contributed by atoms with van der Waals surface area (Å²) < 4.78 is 5.32. The van der Waals surface area contributed by atoms with Gasteiger partial charge in [0.2, 0.25) is 0 Å². The maximum atomic E-state index is 12.7. The maximum Gasteiger partial charge on any atom is 0.305 e. The Morgan fingerprint density at radius 3 is 2.67 bits per heavy atom. The van der Waals surface area contributed by atoms with Crippen LogP contribution in [0.4, 0.5) is 5.69 Å². The first-order valence-corrected chi connectivity index (χ1v) is 8.07. The molecule has 128 valence electrons. The standard InChI is InChI=1S/C17H21N3O4/c1-12-6-7-20(18-12)14-4-2-13(3-5-14)17(23)19-8-9-24-11-15(19)10-16(21)22/h2-5,15H,6-11H2,1H3,(H,21,22)/t15-/m0/s1. The zero-order chi connectivity index (χ0) is 17.1. The molecule has 7 nitrogen and oxygen atoms in total. The molecule has 0 saturated carbocycles. The summed E-state index contributed by atoms with van der Waals surface area (Å²) in [6, 6.07) is 6.88. The van der Waals surface area contributed by atoms with E-state index in [0.29, 0.717) is 18.7 Å². The Morgan fingerprint density at radius 2 is 2.04 bits per heavy atom. The van der Waals surface area contributed by atoms with Gasteiger partial charge in [0.15, 0.2) is 0 Å². The van der Waals surface area contributed by atoms with Crippen molar-refractivity contribution in [1.82, 2.24) is 4.90 Å². The molecule has 1 aromatic rings. The number of carbonyl (C=O) groups excluding carboxylic acids is 1. The van der Waals surface area contributed by atoms with Gasteiger partial charge in [-0.25, -0.2) is 0 Å². The molecule has 0 bridgehead atoms. The third-order valence-electron chi connectivity index (χ3n) is 4.29. The van der Waals surface area contributed by atoms with E-state index in [-0.39, 0.29) is 18.9 Å². The number of nitrogens with zero attached hydrogens (tertiary/aromatic N) is 3. The minimum atomic E-state index is -0.930. The van der Waals surface area contributed by atoms with E-state index in [1.54, 1.807) is 17.0 Å². The number of hydrogen-bond donors (Lipinski definition) is 1. The summed E-state index contributed by atoms with van der Waals surface area (Å²) in [7, 11) is 0. The van der Waals surface area contributed by atoms with Crippen LogP contribution < -0.4 is 5.01 Å². The summed E-state index contributed by atoms with van der Waals surface area (Å²) >= 11 is 0. The SMILES string of the molecule is CC1=NN(c2ccc(C(=O)N3CCOC[C@@H]3CC(=O)O)cc2)CC1. The van der Waals surface area contributed by atoms with Crippen molar-refractivity contribution in [3.63, 3.8) is 0 Å². The van der Waals surface area contributed by atoms with E-state index in [1.165, 1.54) is 0 Å². The van der Waals surface area contributed by atoms with Crippen molar-refractivity contribution in [3.8, 4) is 0 Å². The molecule has 1 atom stereocenters. The number of ether oxygens (including phenoxy) is 1. The van der Waals surface area contributed by atoms with Crippen LogP contribution in [0, 0.1) is 0 Å². The van der Waals surface area contributed by atoms with Gasteiger partial charge in [-0.3, -0.25) is 14.6 Å². The molecule has 24 heavy (non-hydrogen) atoms. The van der Waals surface area contributed by atoms with Gasteiger partial charge >= 0.3 is 5.97 Å².